The molecule has 88 valence electrons. The van der Waals surface area contributed by atoms with E-state index in [-0.39, 0.29) is 12.1 Å². The Kier molecular flexibility index (Phi) is 3.31. The first-order valence-electron chi connectivity index (χ1n) is 6.07. The molecule has 0 radical (unpaired) electrons. The number of hydrogen-bond donors (Lipinski definition) is 2. The first kappa shape index (κ1) is 11.6. The van der Waals surface area contributed by atoms with Crippen molar-refractivity contribution in [3.63, 3.8) is 0 Å². The summed E-state index contributed by atoms with van der Waals surface area (Å²) in [5.74, 6) is 0. The van der Waals surface area contributed by atoms with Crippen LogP contribution in [0.15, 0.2) is 18.2 Å². The number of aryl methyl sites for hydroxylation is 2. The van der Waals surface area contributed by atoms with Gasteiger partial charge in [0.1, 0.15) is 0 Å². The lowest BCUT2D eigenvalue weighted by Gasteiger charge is -2.41. The molecule has 2 nitrogen and oxygen atoms in total. The maximum Gasteiger partial charge on any atom is 0.0613 e. The summed E-state index contributed by atoms with van der Waals surface area (Å²) >= 11 is 0. The van der Waals surface area contributed by atoms with Crippen LogP contribution in [0.3, 0.4) is 0 Å². The second-order valence-corrected chi connectivity index (χ2v) is 5.08. The second-order valence-electron chi connectivity index (χ2n) is 5.08. The molecule has 0 aromatic heterocycles. The smallest absolute Gasteiger partial charge is 0.0613 e. The van der Waals surface area contributed by atoms with Crippen LogP contribution in [-0.2, 0) is 6.54 Å². The van der Waals surface area contributed by atoms with Gasteiger partial charge in [-0.05, 0) is 44.2 Å². The van der Waals surface area contributed by atoms with Crippen LogP contribution in [0, 0.1) is 13.8 Å². The van der Waals surface area contributed by atoms with E-state index in [1.165, 1.54) is 23.1 Å². The average molecular weight is 219 g/mol. The third kappa shape index (κ3) is 2.28. The van der Waals surface area contributed by atoms with E-state index in [0.717, 1.165) is 19.4 Å². The van der Waals surface area contributed by atoms with Gasteiger partial charge in [-0.2, -0.15) is 0 Å². The van der Waals surface area contributed by atoms with Gasteiger partial charge in [0.05, 0.1) is 6.61 Å². The highest BCUT2D eigenvalue weighted by Gasteiger charge is 2.35. The van der Waals surface area contributed by atoms with Crippen molar-refractivity contribution >= 4 is 0 Å². The third-order valence-electron chi connectivity index (χ3n) is 3.77. The molecule has 0 amide bonds. The second kappa shape index (κ2) is 4.56. The van der Waals surface area contributed by atoms with Crippen molar-refractivity contribution in [1.29, 1.82) is 0 Å². The Bertz CT molecular complexity index is 363. The van der Waals surface area contributed by atoms with Crippen LogP contribution in [0.25, 0.3) is 0 Å². The quantitative estimate of drug-likeness (QED) is 0.814. The van der Waals surface area contributed by atoms with Crippen molar-refractivity contribution in [1.82, 2.24) is 5.32 Å². The summed E-state index contributed by atoms with van der Waals surface area (Å²) in [6.45, 7) is 5.39. The van der Waals surface area contributed by atoms with Crippen LogP contribution in [0.5, 0.6) is 0 Å². The van der Waals surface area contributed by atoms with Gasteiger partial charge in [-0.1, -0.05) is 23.8 Å². The molecule has 1 aromatic carbocycles. The third-order valence-corrected chi connectivity index (χ3v) is 3.77. The van der Waals surface area contributed by atoms with Crippen molar-refractivity contribution in [2.24, 2.45) is 0 Å². The summed E-state index contributed by atoms with van der Waals surface area (Å²) in [7, 11) is 0. The zero-order valence-electron chi connectivity index (χ0n) is 10.2. The number of aliphatic hydroxyl groups is 1. The van der Waals surface area contributed by atoms with Gasteiger partial charge in [0.15, 0.2) is 0 Å². The molecule has 0 spiro atoms. The van der Waals surface area contributed by atoms with E-state index < -0.39 is 0 Å². The average Bonchev–Trinajstić information content (AvgIpc) is 2.22. The predicted octanol–water partition coefficient (Wildman–Crippen LogP) is 2.31. The largest absolute Gasteiger partial charge is 0.394 e. The Morgan fingerprint density at radius 2 is 2.06 bits per heavy atom. The molecule has 0 unspecified atom stereocenters. The van der Waals surface area contributed by atoms with Crippen molar-refractivity contribution in [2.45, 2.75) is 45.2 Å². The monoisotopic (exact) mass is 219 g/mol. The molecule has 1 aromatic rings. The zero-order valence-corrected chi connectivity index (χ0v) is 10.2. The molecule has 1 fully saturated rings. The SMILES string of the molecule is Cc1ccc(C)c(CNC2(CO)CCC2)c1. The van der Waals surface area contributed by atoms with E-state index in [0.29, 0.717) is 0 Å². The fourth-order valence-electron chi connectivity index (χ4n) is 2.27. The number of aliphatic hydroxyl groups excluding tert-OH is 1. The Labute approximate surface area is 97.7 Å². The molecular weight excluding hydrogens is 198 g/mol. The van der Waals surface area contributed by atoms with Crippen LogP contribution < -0.4 is 5.32 Å². The van der Waals surface area contributed by atoms with Crippen LogP contribution in [0.1, 0.15) is 36.0 Å². The Morgan fingerprint density at radius 3 is 2.62 bits per heavy atom. The number of benzene rings is 1. The van der Waals surface area contributed by atoms with E-state index in [4.69, 9.17) is 0 Å². The molecule has 2 heteroatoms. The van der Waals surface area contributed by atoms with Crippen molar-refractivity contribution in [2.75, 3.05) is 6.61 Å². The highest BCUT2D eigenvalue weighted by Crippen LogP contribution is 2.31. The van der Waals surface area contributed by atoms with Gasteiger partial charge < -0.3 is 10.4 Å². The minimum absolute atomic E-state index is 0.0101. The Morgan fingerprint density at radius 1 is 1.31 bits per heavy atom. The minimum atomic E-state index is 0.0101. The van der Waals surface area contributed by atoms with E-state index in [9.17, 15) is 5.11 Å². The fraction of sp³-hybridized carbons (Fsp3) is 0.571. The van der Waals surface area contributed by atoms with Gasteiger partial charge in [0, 0.05) is 12.1 Å². The maximum atomic E-state index is 9.38. The molecule has 1 aliphatic carbocycles. The zero-order chi connectivity index (χ0) is 11.6. The molecular formula is C14H21NO. The number of nitrogens with one attached hydrogen (secondary N) is 1. The van der Waals surface area contributed by atoms with Crippen LogP contribution >= 0.6 is 0 Å². The highest BCUT2D eigenvalue weighted by molar-refractivity contribution is 5.30. The first-order valence-corrected chi connectivity index (χ1v) is 6.07. The Balaban J connectivity index is 2.01. The molecule has 1 aliphatic rings. The normalized spacial score (nSPS) is 18.2. The summed E-state index contributed by atoms with van der Waals surface area (Å²) in [5.41, 5.74) is 3.98. The van der Waals surface area contributed by atoms with E-state index in [1.54, 1.807) is 0 Å². The summed E-state index contributed by atoms with van der Waals surface area (Å²) in [5, 5.41) is 12.9. The van der Waals surface area contributed by atoms with Crippen molar-refractivity contribution in [3.8, 4) is 0 Å². The molecule has 0 heterocycles. The van der Waals surface area contributed by atoms with E-state index in [1.807, 2.05) is 0 Å². The molecule has 1 saturated carbocycles. The molecule has 2 N–H and O–H groups in total. The standard InChI is InChI=1S/C14H21NO/c1-11-4-5-12(2)13(8-11)9-15-14(10-16)6-3-7-14/h4-5,8,15-16H,3,6-7,9-10H2,1-2H3. The van der Waals surface area contributed by atoms with Crippen molar-refractivity contribution in [3.05, 3.63) is 34.9 Å². The summed E-state index contributed by atoms with van der Waals surface area (Å²) in [4.78, 5) is 0. The lowest BCUT2D eigenvalue weighted by molar-refractivity contribution is 0.0871. The van der Waals surface area contributed by atoms with Gasteiger partial charge in [0.25, 0.3) is 0 Å². The maximum absolute atomic E-state index is 9.38. The molecule has 0 saturated heterocycles. The van der Waals surface area contributed by atoms with Gasteiger partial charge >= 0.3 is 0 Å². The van der Waals surface area contributed by atoms with E-state index in [2.05, 4.69) is 37.4 Å². The molecule has 0 atom stereocenters. The van der Waals surface area contributed by atoms with Gasteiger partial charge in [-0.3, -0.25) is 0 Å². The van der Waals surface area contributed by atoms with Gasteiger partial charge in [0.2, 0.25) is 0 Å². The number of rotatable bonds is 4. The molecule has 16 heavy (non-hydrogen) atoms. The highest BCUT2D eigenvalue weighted by atomic mass is 16.3. The summed E-state index contributed by atoms with van der Waals surface area (Å²) in [6, 6.07) is 6.54. The molecule has 0 aliphatic heterocycles. The minimum Gasteiger partial charge on any atom is -0.394 e. The lowest BCUT2D eigenvalue weighted by Crippen LogP contribution is -2.53. The fourth-order valence-corrected chi connectivity index (χ4v) is 2.27. The Hall–Kier alpha value is -0.860. The molecule has 0 bridgehead atoms. The van der Waals surface area contributed by atoms with E-state index >= 15 is 0 Å². The van der Waals surface area contributed by atoms with Crippen LogP contribution in [0.4, 0.5) is 0 Å². The first-order chi connectivity index (χ1) is 7.65. The topological polar surface area (TPSA) is 32.3 Å². The van der Waals surface area contributed by atoms with Crippen LogP contribution in [-0.4, -0.2) is 17.3 Å². The lowest BCUT2D eigenvalue weighted by atomic mass is 9.77. The van der Waals surface area contributed by atoms with Crippen molar-refractivity contribution < 1.29 is 5.11 Å². The predicted molar refractivity (Wildman–Crippen MR) is 66.4 cm³/mol. The van der Waals surface area contributed by atoms with Gasteiger partial charge in [-0.15, -0.1) is 0 Å². The molecule has 2 rings (SSSR count). The van der Waals surface area contributed by atoms with Gasteiger partial charge in [-0.25, -0.2) is 0 Å². The summed E-state index contributed by atoms with van der Waals surface area (Å²) in [6.07, 6.45) is 3.45. The number of hydrogen-bond acceptors (Lipinski definition) is 2. The van der Waals surface area contributed by atoms with Crippen LogP contribution in [0.2, 0.25) is 0 Å². The summed E-state index contributed by atoms with van der Waals surface area (Å²) < 4.78 is 0.